The lowest BCUT2D eigenvalue weighted by atomic mass is 10.1. The molecule has 0 bridgehead atoms. The number of rotatable bonds is 7. The first-order valence-corrected chi connectivity index (χ1v) is 14.1. The van der Waals surface area contributed by atoms with Gasteiger partial charge in [0.15, 0.2) is 17.3 Å². The molecule has 1 aromatic heterocycles. The van der Waals surface area contributed by atoms with E-state index in [1.54, 1.807) is 31.3 Å². The van der Waals surface area contributed by atoms with Crippen molar-refractivity contribution in [2.75, 3.05) is 71.6 Å². The molecular formula is C27H31N5O6S. The van der Waals surface area contributed by atoms with Gasteiger partial charge in [-0.15, -0.1) is 10.2 Å². The molecule has 39 heavy (non-hydrogen) atoms. The van der Waals surface area contributed by atoms with Crippen LogP contribution in [0.2, 0.25) is 0 Å². The summed E-state index contributed by atoms with van der Waals surface area (Å²) < 4.78 is 43.0. The second-order valence-electron chi connectivity index (χ2n) is 9.17. The Morgan fingerprint density at radius 3 is 2.13 bits per heavy atom. The molecule has 206 valence electrons. The molecule has 11 nitrogen and oxygen atoms in total. The van der Waals surface area contributed by atoms with Crippen LogP contribution in [0.5, 0.6) is 11.5 Å². The highest BCUT2D eigenvalue weighted by atomic mass is 32.2. The number of morpholine rings is 1. The Balaban J connectivity index is 1.19. The molecular weight excluding hydrogens is 522 g/mol. The quantitative estimate of drug-likeness (QED) is 0.434. The predicted octanol–water partition coefficient (Wildman–Crippen LogP) is 2.14. The molecule has 0 radical (unpaired) electrons. The van der Waals surface area contributed by atoms with E-state index in [-0.39, 0.29) is 10.8 Å². The van der Waals surface area contributed by atoms with Gasteiger partial charge in [0.2, 0.25) is 10.0 Å². The van der Waals surface area contributed by atoms with Crippen molar-refractivity contribution in [3.8, 4) is 22.8 Å². The van der Waals surface area contributed by atoms with Gasteiger partial charge in [0.25, 0.3) is 5.91 Å². The summed E-state index contributed by atoms with van der Waals surface area (Å²) in [5.41, 5.74) is 2.04. The maximum Gasteiger partial charge on any atom is 0.253 e. The lowest BCUT2D eigenvalue weighted by molar-refractivity contribution is 0.0730. The van der Waals surface area contributed by atoms with Gasteiger partial charge in [-0.05, 0) is 54.6 Å². The van der Waals surface area contributed by atoms with E-state index in [1.165, 1.54) is 16.4 Å². The number of aromatic nitrogens is 2. The van der Waals surface area contributed by atoms with E-state index in [4.69, 9.17) is 14.2 Å². The number of hydrogen-bond donors (Lipinski definition) is 0. The first-order chi connectivity index (χ1) is 18.9. The van der Waals surface area contributed by atoms with Crippen LogP contribution in [-0.2, 0) is 14.8 Å². The maximum atomic E-state index is 13.1. The van der Waals surface area contributed by atoms with Crippen LogP contribution < -0.4 is 14.4 Å². The third-order valence-corrected chi connectivity index (χ3v) is 8.84. The zero-order valence-electron chi connectivity index (χ0n) is 21.9. The molecule has 2 aliphatic heterocycles. The molecule has 12 heteroatoms. The van der Waals surface area contributed by atoms with Crippen LogP contribution in [0.1, 0.15) is 10.4 Å². The summed E-state index contributed by atoms with van der Waals surface area (Å²) in [4.78, 5) is 17.1. The molecule has 2 aliphatic rings. The number of carbonyl (C=O) groups is 1. The Morgan fingerprint density at radius 2 is 1.51 bits per heavy atom. The highest BCUT2D eigenvalue weighted by Gasteiger charge is 2.27. The molecule has 0 unspecified atom stereocenters. The molecule has 0 N–H and O–H groups in total. The van der Waals surface area contributed by atoms with E-state index in [0.29, 0.717) is 75.2 Å². The van der Waals surface area contributed by atoms with Gasteiger partial charge in [-0.2, -0.15) is 4.31 Å². The van der Waals surface area contributed by atoms with E-state index in [2.05, 4.69) is 15.1 Å². The Kier molecular flexibility index (Phi) is 7.96. The fourth-order valence-corrected chi connectivity index (χ4v) is 6.08. The molecule has 5 rings (SSSR count). The van der Waals surface area contributed by atoms with Crippen molar-refractivity contribution in [3.63, 3.8) is 0 Å². The van der Waals surface area contributed by atoms with Gasteiger partial charge >= 0.3 is 0 Å². The largest absolute Gasteiger partial charge is 0.493 e. The smallest absolute Gasteiger partial charge is 0.253 e. The van der Waals surface area contributed by atoms with Crippen molar-refractivity contribution < 1.29 is 27.4 Å². The number of ether oxygens (including phenoxy) is 3. The van der Waals surface area contributed by atoms with E-state index in [1.807, 2.05) is 30.3 Å². The van der Waals surface area contributed by atoms with Crippen LogP contribution in [0.25, 0.3) is 11.3 Å². The minimum Gasteiger partial charge on any atom is -0.493 e. The molecule has 2 aromatic carbocycles. The van der Waals surface area contributed by atoms with Crippen LogP contribution in [0.15, 0.2) is 59.5 Å². The van der Waals surface area contributed by atoms with Crippen molar-refractivity contribution in [2.24, 2.45) is 0 Å². The lowest BCUT2D eigenvalue weighted by Crippen LogP contribution is -2.49. The molecule has 0 aliphatic carbocycles. The van der Waals surface area contributed by atoms with Gasteiger partial charge in [-0.1, -0.05) is 0 Å². The van der Waals surface area contributed by atoms with Crippen molar-refractivity contribution in [2.45, 2.75) is 4.90 Å². The zero-order chi connectivity index (χ0) is 27.4. The Labute approximate surface area is 227 Å². The van der Waals surface area contributed by atoms with E-state index < -0.39 is 10.0 Å². The first kappa shape index (κ1) is 26.9. The number of nitrogens with zero attached hydrogens (tertiary/aromatic N) is 5. The standard InChI is InChI=1S/C27H31N5O6S/c1-36-24-9-5-21(19-25(24)37-2)23-8-10-26(29-28-23)30-11-13-31(14-12-30)27(33)20-3-6-22(7-4-20)39(34,35)32-15-17-38-18-16-32/h3-10,19H,11-18H2,1-2H3. The Bertz CT molecular complexity index is 1400. The fraction of sp³-hybridized carbons (Fsp3) is 0.370. The number of piperazine rings is 1. The van der Waals surface area contributed by atoms with Gasteiger partial charge in [0.1, 0.15) is 0 Å². The number of hydrogen-bond acceptors (Lipinski definition) is 9. The number of benzene rings is 2. The highest BCUT2D eigenvalue weighted by Crippen LogP contribution is 2.31. The number of amides is 1. The van der Waals surface area contributed by atoms with Crippen LogP contribution in [0, 0.1) is 0 Å². The molecule has 1 amide bonds. The average Bonchev–Trinajstić information content (AvgIpc) is 3.01. The summed E-state index contributed by atoms with van der Waals surface area (Å²) in [6, 6.07) is 15.6. The van der Waals surface area contributed by atoms with Crippen molar-refractivity contribution in [3.05, 3.63) is 60.2 Å². The fourth-order valence-electron chi connectivity index (χ4n) is 4.67. The number of sulfonamides is 1. The van der Waals surface area contributed by atoms with Gasteiger partial charge in [0.05, 0.1) is 38.0 Å². The van der Waals surface area contributed by atoms with Crippen LogP contribution >= 0.6 is 0 Å². The van der Waals surface area contributed by atoms with Gasteiger partial charge in [0, 0.05) is 50.4 Å². The van der Waals surface area contributed by atoms with E-state index >= 15 is 0 Å². The molecule has 3 heterocycles. The third kappa shape index (κ3) is 5.68. The second-order valence-corrected chi connectivity index (χ2v) is 11.1. The highest BCUT2D eigenvalue weighted by molar-refractivity contribution is 7.89. The SMILES string of the molecule is COc1ccc(-c2ccc(N3CCN(C(=O)c4ccc(S(=O)(=O)N5CCOCC5)cc4)CC3)nn2)cc1OC. The van der Waals surface area contributed by atoms with Gasteiger partial charge < -0.3 is 24.0 Å². The summed E-state index contributed by atoms with van der Waals surface area (Å²) in [5.74, 6) is 1.88. The molecule has 0 atom stereocenters. The summed E-state index contributed by atoms with van der Waals surface area (Å²) in [5, 5.41) is 8.80. The second kappa shape index (κ2) is 11.6. The molecule has 0 saturated carbocycles. The maximum absolute atomic E-state index is 13.1. The first-order valence-electron chi connectivity index (χ1n) is 12.7. The molecule has 3 aromatic rings. The monoisotopic (exact) mass is 553 g/mol. The van der Waals surface area contributed by atoms with Crippen molar-refractivity contribution in [1.29, 1.82) is 0 Å². The minimum absolute atomic E-state index is 0.125. The third-order valence-electron chi connectivity index (χ3n) is 6.93. The predicted molar refractivity (Wildman–Crippen MR) is 145 cm³/mol. The summed E-state index contributed by atoms with van der Waals surface area (Å²) in [6.07, 6.45) is 0. The van der Waals surface area contributed by atoms with Crippen molar-refractivity contribution in [1.82, 2.24) is 19.4 Å². The summed E-state index contributed by atoms with van der Waals surface area (Å²) in [7, 11) is -0.415. The van der Waals surface area contributed by atoms with Crippen molar-refractivity contribution >= 4 is 21.7 Å². The lowest BCUT2D eigenvalue weighted by Gasteiger charge is -2.35. The topological polar surface area (TPSA) is 114 Å². The number of carbonyl (C=O) groups excluding carboxylic acids is 1. The van der Waals surface area contributed by atoms with E-state index in [0.717, 1.165) is 11.4 Å². The summed E-state index contributed by atoms with van der Waals surface area (Å²) in [6.45, 7) is 3.69. The number of anilines is 1. The van der Waals surface area contributed by atoms with Crippen LogP contribution in [0.4, 0.5) is 5.82 Å². The molecule has 2 saturated heterocycles. The van der Waals surface area contributed by atoms with Crippen LogP contribution in [0.3, 0.4) is 0 Å². The number of methoxy groups -OCH3 is 2. The average molecular weight is 554 g/mol. The minimum atomic E-state index is -3.60. The Morgan fingerprint density at radius 1 is 0.821 bits per heavy atom. The van der Waals surface area contributed by atoms with Gasteiger partial charge in [-0.25, -0.2) is 8.42 Å². The molecule has 2 fully saturated rings. The van der Waals surface area contributed by atoms with Gasteiger partial charge in [-0.3, -0.25) is 4.79 Å². The molecule has 0 spiro atoms. The van der Waals surface area contributed by atoms with E-state index in [9.17, 15) is 13.2 Å². The zero-order valence-corrected chi connectivity index (χ0v) is 22.8. The normalized spacial score (nSPS) is 16.7. The summed E-state index contributed by atoms with van der Waals surface area (Å²) >= 11 is 0. The Hall–Kier alpha value is -3.74. The van der Waals surface area contributed by atoms with Crippen LogP contribution in [-0.4, -0.2) is 100 Å².